The van der Waals surface area contributed by atoms with Crippen molar-refractivity contribution >= 4 is 45.1 Å². The summed E-state index contributed by atoms with van der Waals surface area (Å²) >= 11 is 7.99. The third-order valence-electron chi connectivity index (χ3n) is 5.97. The number of aromatic nitrogens is 2. The number of rotatable bonds is 4. The zero-order valence-corrected chi connectivity index (χ0v) is 21.7. The molecule has 4 heterocycles. The van der Waals surface area contributed by atoms with E-state index in [1.54, 1.807) is 11.3 Å². The van der Waals surface area contributed by atoms with Crippen molar-refractivity contribution < 1.29 is 14.3 Å². The summed E-state index contributed by atoms with van der Waals surface area (Å²) in [6.45, 7) is 16.1. The minimum absolute atomic E-state index is 0.112. The zero-order chi connectivity index (χ0) is 23.8. The number of nitrogens with zero attached hydrogens (tertiary/aromatic N) is 5. The van der Waals surface area contributed by atoms with Gasteiger partial charge in [0.2, 0.25) is 5.28 Å². The number of carbonyl (C=O) groups is 1. The molecule has 2 fully saturated rings. The Balaban J connectivity index is 1.50. The number of hydrogen-bond donors (Lipinski definition) is 0. The van der Waals surface area contributed by atoms with Crippen molar-refractivity contribution in [2.45, 2.75) is 52.8 Å². The molecule has 1 atom stereocenters. The summed E-state index contributed by atoms with van der Waals surface area (Å²) in [6.07, 6.45) is -0.220. The number of ether oxygens (including phenoxy) is 2. The van der Waals surface area contributed by atoms with Crippen molar-refractivity contribution in [1.82, 2.24) is 19.8 Å². The Morgan fingerprint density at radius 1 is 1.24 bits per heavy atom. The first-order valence-electron chi connectivity index (χ1n) is 11.6. The molecule has 2 aromatic rings. The molecule has 0 aromatic carbocycles. The lowest BCUT2D eigenvalue weighted by atomic mass is 10.00. The first-order chi connectivity index (χ1) is 15.6. The molecule has 2 aliphatic rings. The average Bonchev–Trinajstić information content (AvgIpc) is 3.14. The number of carbonyl (C=O) groups excluding carboxylic acids is 1. The van der Waals surface area contributed by atoms with Gasteiger partial charge in [0.1, 0.15) is 5.60 Å². The molecule has 0 aliphatic carbocycles. The molecule has 8 nitrogen and oxygen atoms in total. The van der Waals surface area contributed by atoms with Crippen LogP contribution in [0.25, 0.3) is 10.2 Å². The summed E-state index contributed by atoms with van der Waals surface area (Å²) < 4.78 is 12.2. The first-order valence-corrected chi connectivity index (χ1v) is 12.8. The number of anilines is 1. The molecule has 2 saturated heterocycles. The van der Waals surface area contributed by atoms with Crippen LogP contribution in [0, 0.1) is 5.92 Å². The van der Waals surface area contributed by atoms with Gasteiger partial charge in [0.15, 0.2) is 5.82 Å². The van der Waals surface area contributed by atoms with E-state index < -0.39 is 5.60 Å². The van der Waals surface area contributed by atoms with E-state index in [-0.39, 0.29) is 17.4 Å². The van der Waals surface area contributed by atoms with E-state index in [9.17, 15) is 4.79 Å². The van der Waals surface area contributed by atoms with E-state index in [0.29, 0.717) is 25.7 Å². The highest BCUT2D eigenvalue weighted by Gasteiger charge is 2.35. The van der Waals surface area contributed by atoms with E-state index in [2.05, 4.69) is 39.7 Å². The van der Waals surface area contributed by atoms with Gasteiger partial charge in [-0.15, -0.1) is 11.3 Å². The van der Waals surface area contributed by atoms with Crippen LogP contribution in [-0.2, 0) is 16.0 Å². The molecule has 0 bridgehead atoms. The normalized spacial score (nSPS) is 20.6. The summed E-state index contributed by atoms with van der Waals surface area (Å²) in [5.41, 5.74) is 0.400. The van der Waals surface area contributed by atoms with Gasteiger partial charge in [-0.05, 0) is 44.4 Å². The van der Waals surface area contributed by atoms with Crippen molar-refractivity contribution in [2.75, 3.05) is 50.8 Å². The van der Waals surface area contributed by atoms with E-state index >= 15 is 0 Å². The predicted octanol–water partition coefficient (Wildman–Crippen LogP) is 4.26. The van der Waals surface area contributed by atoms with Crippen molar-refractivity contribution in [3.63, 3.8) is 0 Å². The van der Waals surface area contributed by atoms with Gasteiger partial charge >= 0.3 is 6.09 Å². The van der Waals surface area contributed by atoms with Gasteiger partial charge in [-0.25, -0.2) is 9.78 Å². The molecule has 0 radical (unpaired) electrons. The van der Waals surface area contributed by atoms with Gasteiger partial charge in [0.25, 0.3) is 0 Å². The molecule has 0 spiro atoms. The van der Waals surface area contributed by atoms with Crippen molar-refractivity contribution in [1.29, 1.82) is 0 Å². The molecule has 0 saturated carbocycles. The topological polar surface area (TPSA) is 71.0 Å². The van der Waals surface area contributed by atoms with Crippen LogP contribution in [0.2, 0.25) is 5.28 Å². The van der Waals surface area contributed by atoms with Crippen LogP contribution in [0.1, 0.15) is 39.5 Å². The maximum absolute atomic E-state index is 12.8. The molecule has 4 rings (SSSR count). The summed E-state index contributed by atoms with van der Waals surface area (Å²) in [6, 6.07) is 2.24. The molecule has 182 valence electrons. The quantitative estimate of drug-likeness (QED) is 0.587. The highest BCUT2D eigenvalue weighted by atomic mass is 35.5. The lowest BCUT2D eigenvalue weighted by Gasteiger charge is -2.43. The van der Waals surface area contributed by atoms with Gasteiger partial charge < -0.3 is 19.3 Å². The number of hydrogen-bond acceptors (Lipinski definition) is 8. The number of thiophene rings is 1. The molecule has 0 N–H and O–H groups in total. The minimum Gasteiger partial charge on any atom is -0.444 e. The van der Waals surface area contributed by atoms with Crippen LogP contribution in [-0.4, -0.2) is 83.4 Å². The third kappa shape index (κ3) is 5.88. The number of morpholine rings is 1. The van der Waals surface area contributed by atoms with Gasteiger partial charge in [-0.2, -0.15) is 4.98 Å². The fourth-order valence-corrected chi connectivity index (χ4v) is 5.68. The molecule has 33 heavy (non-hydrogen) atoms. The minimum atomic E-state index is -0.493. The van der Waals surface area contributed by atoms with Gasteiger partial charge in [0, 0.05) is 44.1 Å². The largest absolute Gasteiger partial charge is 0.444 e. The second-order valence-electron chi connectivity index (χ2n) is 10.1. The van der Waals surface area contributed by atoms with Crippen LogP contribution in [0.3, 0.4) is 0 Å². The fourth-order valence-electron chi connectivity index (χ4n) is 4.36. The van der Waals surface area contributed by atoms with Gasteiger partial charge in [-0.3, -0.25) is 4.90 Å². The van der Waals surface area contributed by atoms with E-state index in [1.807, 2.05) is 25.7 Å². The van der Waals surface area contributed by atoms with Crippen LogP contribution < -0.4 is 4.90 Å². The van der Waals surface area contributed by atoms with Crippen LogP contribution in [0.4, 0.5) is 10.6 Å². The maximum Gasteiger partial charge on any atom is 0.410 e. The van der Waals surface area contributed by atoms with Gasteiger partial charge in [-0.1, -0.05) is 13.8 Å². The zero-order valence-electron chi connectivity index (χ0n) is 20.1. The number of halogens is 1. The Bertz CT molecular complexity index is 986. The van der Waals surface area contributed by atoms with Crippen molar-refractivity contribution in [3.05, 3.63) is 16.2 Å². The Kier molecular flexibility index (Phi) is 7.33. The fraction of sp³-hybridized carbons (Fsp3) is 0.696. The molecule has 1 unspecified atom stereocenters. The van der Waals surface area contributed by atoms with E-state index in [1.165, 1.54) is 4.88 Å². The molecule has 2 aromatic heterocycles. The number of fused-ring (bicyclic) bond motifs is 1. The number of piperazine rings is 1. The monoisotopic (exact) mass is 495 g/mol. The van der Waals surface area contributed by atoms with Crippen LogP contribution >= 0.6 is 22.9 Å². The van der Waals surface area contributed by atoms with Gasteiger partial charge in [0.05, 0.1) is 29.5 Å². The lowest BCUT2D eigenvalue weighted by Crippen LogP contribution is -2.57. The molecular formula is C23H34ClN5O3S. The number of amides is 1. The van der Waals surface area contributed by atoms with E-state index in [4.69, 9.17) is 21.1 Å². The highest BCUT2D eigenvalue weighted by molar-refractivity contribution is 7.19. The van der Waals surface area contributed by atoms with E-state index in [0.717, 1.165) is 48.8 Å². The van der Waals surface area contributed by atoms with Crippen LogP contribution in [0.5, 0.6) is 0 Å². The van der Waals surface area contributed by atoms with Crippen LogP contribution in [0.15, 0.2) is 6.07 Å². The first kappa shape index (κ1) is 24.4. The summed E-state index contributed by atoms with van der Waals surface area (Å²) in [5.74, 6) is 1.24. The SMILES string of the molecule is CC(C)C1CN(Cc2cc3nc(Cl)nc(N4CCOCC4)c3s2)CCN1C(=O)OC(C)(C)C. The Morgan fingerprint density at radius 3 is 2.64 bits per heavy atom. The molecule has 2 aliphatic heterocycles. The molecular weight excluding hydrogens is 462 g/mol. The standard InChI is InChI=1S/C23H34ClN5O3S/c1-15(2)18-14-27(6-7-29(18)22(30)32-23(3,4)5)13-16-12-17-19(33-16)20(26-21(24)25-17)28-8-10-31-11-9-28/h12,15,18H,6-11,13-14H2,1-5H3. The summed E-state index contributed by atoms with van der Waals surface area (Å²) in [5, 5.41) is 0.277. The second-order valence-corrected chi connectivity index (χ2v) is 11.5. The smallest absolute Gasteiger partial charge is 0.410 e. The predicted molar refractivity (Wildman–Crippen MR) is 132 cm³/mol. The molecule has 10 heteroatoms. The summed E-state index contributed by atoms with van der Waals surface area (Å²) in [7, 11) is 0. The Hall–Kier alpha value is -1.68. The lowest BCUT2D eigenvalue weighted by molar-refractivity contribution is -0.0104. The molecule has 1 amide bonds. The maximum atomic E-state index is 12.8. The Morgan fingerprint density at radius 2 is 1.97 bits per heavy atom. The summed E-state index contributed by atoms with van der Waals surface area (Å²) in [4.78, 5) is 29.6. The average molecular weight is 496 g/mol. The van der Waals surface area contributed by atoms with Crippen molar-refractivity contribution in [3.8, 4) is 0 Å². The third-order valence-corrected chi connectivity index (χ3v) is 7.24. The van der Waals surface area contributed by atoms with Crippen molar-refractivity contribution in [2.24, 2.45) is 5.92 Å². The Labute approximate surface area is 204 Å². The highest BCUT2D eigenvalue weighted by Crippen LogP contribution is 2.34. The second kappa shape index (κ2) is 9.90.